The fourth-order valence-electron chi connectivity index (χ4n) is 2.63. The van der Waals surface area contributed by atoms with Crippen LogP contribution in [0.15, 0.2) is 72.8 Å². The Hall–Kier alpha value is -3.18. The molecule has 0 atom stereocenters. The Morgan fingerprint density at radius 3 is 2.37 bits per heavy atom. The summed E-state index contributed by atoms with van der Waals surface area (Å²) in [6.07, 6.45) is 0. The molecule has 0 bridgehead atoms. The highest BCUT2D eigenvalue weighted by Gasteiger charge is 2.07. The zero-order valence-electron chi connectivity index (χ0n) is 15.6. The molecule has 0 aliphatic heterocycles. The Labute approximate surface area is 159 Å². The maximum absolute atomic E-state index is 5.93. The highest BCUT2D eigenvalue weighted by Crippen LogP contribution is 2.29. The molecule has 140 valence electrons. The predicted octanol–water partition coefficient (Wildman–Crippen LogP) is 4.40. The highest BCUT2D eigenvalue weighted by molar-refractivity contribution is 5.44. The van der Waals surface area contributed by atoms with E-state index in [1.807, 2.05) is 72.8 Å². The summed E-state index contributed by atoms with van der Waals surface area (Å²) in [6.45, 7) is 1.10. The van der Waals surface area contributed by atoms with Crippen LogP contribution in [0.25, 0.3) is 0 Å². The number of rotatable bonds is 9. The molecule has 0 aromatic heterocycles. The molecule has 3 aromatic rings. The topological polar surface area (TPSA) is 51.8 Å². The normalized spacial score (nSPS) is 10.3. The van der Waals surface area contributed by atoms with Crippen molar-refractivity contribution in [3.05, 3.63) is 83.9 Å². The lowest BCUT2D eigenvalue weighted by Crippen LogP contribution is -2.20. The van der Waals surface area contributed by atoms with Gasteiger partial charge in [-0.15, -0.1) is 0 Å². The van der Waals surface area contributed by atoms with E-state index in [0.717, 1.165) is 22.6 Å². The molecule has 0 radical (unpaired) electrons. The predicted molar refractivity (Wildman–Crippen MR) is 107 cm³/mol. The third kappa shape index (κ3) is 5.39. The molecular formula is C22H24N2O3. The third-order valence-corrected chi connectivity index (χ3v) is 4.06. The van der Waals surface area contributed by atoms with Gasteiger partial charge in [-0.2, -0.15) is 0 Å². The monoisotopic (exact) mass is 364 g/mol. The summed E-state index contributed by atoms with van der Waals surface area (Å²) in [4.78, 5) is 0. The highest BCUT2D eigenvalue weighted by atomic mass is 16.5. The molecule has 0 unspecified atom stereocenters. The number of hydrogen-bond acceptors (Lipinski definition) is 5. The number of para-hydroxylation sites is 1. The number of hydrogen-bond donors (Lipinski definition) is 2. The number of benzene rings is 3. The van der Waals surface area contributed by atoms with Crippen LogP contribution in [-0.4, -0.2) is 14.2 Å². The number of hydrazine groups is 1. The van der Waals surface area contributed by atoms with Crippen molar-refractivity contribution in [3.8, 4) is 17.2 Å². The van der Waals surface area contributed by atoms with Crippen LogP contribution in [0.5, 0.6) is 17.2 Å². The molecule has 0 saturated carbocycles. The standard InChI is InChI=1S/C22H24N2O3/c1-25-20-10-6-7-18(13-20)16-27-21-12-11-17(14-22(21)26-2)15-23-24-19-8-4-3-5-9-19/h3-14,23-24H,15-16H2,1-2H3. The summed E-state index contributed by atoms with van der Waals surface area (Å²) >= 11 is 0. The first-order chi connectivity index (χ1) is 13.3. The van der Waals surface area contributed by atoms with E-state index < -0.39 is 0 Å². The van der Waals surface area contributed by atoms with E-state index in [-0.39, 0.29) is 0 Å². The molecule has 3 aromatic carbocycles. The number of ether oxygens (including phenoxy) is 3. The molecule has 0 saturated heterocycles. The quantitative estimate of drug-likeness (QED) is 0.551. The zero-order valence-corrected chi connectivity index (χ0v) is 15.6. The Bertz CT molecular complexity index is 853. The van der Waals surface area contributed by atoms with E-state index in [9.17, 15) is 0 Å². The van der Waals surface area contributed by atoms with Crippen molar-refractivity contribution in [2.24, 2.45) is 0 Å². The fraction of sp³-hybridized carbons (Fsp3) is 0.182. The van der Waals surface area contributed by atoms with Gasteiger partial charge in [0.2, 0.25) is 0 Å². The summed E-state index contributed by atoms with van der Waals surface area (Å²) in [5, 5.41) is 0. The molecule has 3 rings (SSSR count). The molecule has 0 heterocycles. The molecular weight excluding hydrogens is 340 g/mol. The third-order valence-electron chi connectivity index (χ3n) is 4.06. The SMILES string of the molecule is COc1cccc(COc2ccc(CNNc3ccccc3)cc2OC)c1. The average molecular weight is 364 g/mol. The Morgan fingerprint density at radius 1 is 0.741 bits per heavy atom. The smallest absolute Gasteiger partial charge is 0.161 e. The number of nitrogens with one attached hydrogen (secondary N) is 2. The number of methoxy groups -OCH3 is 2. The van der Waals surface area contributed by atoms with E-state index in [0.29, 0.717) is 24.7 Å². The van der Waals surface area contributed by atoms with Gasteiger partial charge in [0.15, 0.2) is 11.5 Å². The van der Waals surface area contributed by atoms with Gasteiger partial charge in [0.05, 0.1) is 14.2 Å². The molecule has 2 N–H and O–H groups in total. The lowest BCUT2D eigenvalue weighted by molar-refractivity contribution is 0.283. The summed E-state index contributed by atoms with van der Waals surface area (Å²) in [6, 6.07) is 23.7. The van der Waals surface area contributed by atoms with Crippen LogP contribution < -0.4 is 25.1 Å². The first kappa shape index (κ1) is 18.6. The van der Waals surface area contributed by atoms with Gasteiger partial charge in [0, 0.05) is 12.2 Å². The van der Waals surface area contributed by atoms with E-state index in [1.54, 1.807) is 14.2 Å². The maximum atomic E-state index is 5.93. The second-order valence-electron chi connectivity index (χ2n) is 5.97. The van der Waals surface area contributed by atoms with Crippen molar-refractivity contribution in [3.63, 3.8) is 0 Å². The number of anilines is 1. The van der Waals surface area contributed by atoms with Gasteiger partial charge in [-0.3, -0.25) is 0 Å². The molecule has 0 aliphatic rings. The van der Waals surface area contributed by atoms with Crippen LogP contribution in [0.2, 0.25) is 0 Å². The summed E-state index contributed by atoms with van der Waals surface area (Å²) in [5.41, 5.74) is 9.51. The Kier molecular flexibility index (Phi) is 6.55. The minimum atomic E-state index is 0.445. The lowest BCUT2D eigenvalue weighted by Gasteiger charge is -2.13. The summed E-state index contributed by atoms with van der Waals surface area (Å²) < 4.78 is 16.7. The van der Waals surface area contributed by atoms with Crippen molar-refractivity contribution in [2.45, 2.75) is 13.2 Å². The van der Waals surface area contributed by atoms with E-state index >= 15 is 0 Å². The second kappa shape index (κ2) is 9.50. The average Bonchev–Trinajstić information content (AvgIpc) is 2.73. The van der Waals surface area contributed by atoms with Gasteiger partial charge < -0.3 is 19.6 Å². The Balaban J connectivity index is 1.58. The van der Waals surface area contributed by atoms with Crippen LogP contribution in [-0.2, 0) is 13.2 Å². The van der Waals surface area contributed by atoms with Crippen LogP contribution in [0.3, 0.4) is 0 Å². The zero-order chi connectivity index (χ0) is 18.9. The van der Waals surface area contributed by atoms with Crippen molar-refractivity contribution >= 4 is 5.69 Å². The van der Waals surface area contributed by atoms with Gasteiger partial charge in [-0.25, -0.2) is 5.43 Å². The van der Waals surface area contributed by atoms with Gasteiger partial charge >= 0.3 is 0 Å². The lowest BCUT2D eigenvalue weighted by atomic mass is 10.2. The van der Waals surface area contributed by atoms with E-state index in [2.05, 4.69) is 10.9 Å². The van der Waals surface area contributed by atoms with Crippen LogP contribution in [0.1, 0.15) is 11.1 Å². The second-order valence-corrected chi connectivity index (χ2v) is 5.97. The largest absolute Gasteiger partial charge is 0.497 e. The van der Waals surface area contributed by atoms with Crippen molar-refractivity contribution in [2.75, 3.05) is 19.6 Å². The van der Waals surface area contributed by atoms with Crippen molar-refractivity contribution < 1.29 is 14.2 Å². The molecule has 27 heavy (non-hydrogen) atoms. The van der Waals surface area contributed by atoms with Gasteiger partial charge in [-0.1, -0.05) is 36.4 Å². The van der Waals surface area contributed by atoms with Crippen LogP contribution in [0.4, 0.5) is 5.69 Å². The summed E-state index contributed by atoms with van der Waals surface area (Å²) in [7, 11) is 3.30. The fourth-order valence-corrected chi connectivity index (χ4v) is 2.63. The first-order valence-corrected chi connectivity index (χ1v) is 8.75. The molecule has 0 amide bonds. The molecule has 0 spiro atoms. The molecule has 5 heteroatoms. The van der Waals surface area contributed by atoms with Gasteiger partial charge in [0.1, 0.15) is 12.4 Å². The molecule has 0 fully saturated rings. The summed E-state index contributed by atoms with van der Waals surface area (Å²) in [5.74, 6) is 2.23. The van der Waals surface area contributed by atoms with Crippen molar-refractivity contribution in [1.82, 2.24) is 5.43 Å². The van der Waals surface area contributed by atoms with E-state index in [4.69, 9.17) is 14.2 Å². The Morgan fingerprint density at radius 2 is 1.59 bits per heavy atom. The van der Waals surface area contributed by atoms with Gasteiger partial charge in [-0.05, 0) is 47.5 Å². The van der Waals surface area contributed by atoms with Crippen molar-refractivity contribution in [1.29, 1.82) is 0 Å². The molecule has 5 nitrogen and oxygen atoms in total. The van der Waals surface area contributed by atoms with E-state index in [1.165, 1.54) is 0 Å². The minimum Gasteiger partial charge on any atom is -0.497 e. The van der Waals surface area contributed by atoms with Crippen LogP contribution >= 0.6 is 0 Å². The first-order valence-electron chi connectivity index (χ1n) is 8.75. The maximum Gasteiger partial charge on any atom is 0.161 e. The van der Waals surface area contributed by atoms with Crippen LogP contribution in [0, 0.1) is 0 Å². The van der Waals surface area contributed by atoms with Gasteiger partial charge in [0.25, 0.3) is 0 Å². The molecule has 0 aliphatic carbocycles. The minimum absolute atomic E-state index is 0.445.